The van der Waals surface area contributed by atoms with Crippen molar-refractivity contribution in [3.8, 4) is 0 Å². The van der Waals surface area contributed by atoms with Crippen LogP contribution in [0.15, 0.2) is 0 Å². The zero-order chi connectivity index (χ0) is 9.72. The van der Waals surface area contributed by atoms with Crippen LogP contribution < -0.4 is 5.48 Å². The first-order chi connectivity index (χ1) is 5.45. The molecule has 0 bridgehead atoms. The fraction of sp³-hybridized carbons (Fsp3) is 0.500. The summed E-state index contributed by atoms with van der Waals surface area (Å²) in [6, 6.07) is 0. The van der Waals surface area contributed by atoms with Gasteiger partial charge in [-0.05, 0) is 6.92 Å². The van der Waals surface area contributed by atoms with Crippen molar-refractivity contribution >= 4 is 44.2 Å². The van der Waals surface area contributed by atoms with Crippen LogP contribution >= 0.6 is 22.9 Å². The summed E-state index contributed by atoms with van der Waals surface area (Å²) in [6.45, 7) is 1.53. The summed E-state index contributed by atoms with van der Waals surface area (Å²) in [5, 5.41) is 0. The fourth-order valence-corrected chi connectivity index (χ4v) is 0.604. The number of nitrogens with zero attached hydrogens (tertiary/aromatic N) is 1. The lowest BCUT2D eigenvalue weighted by atomic mass is 10.8. The Hall–Kier alpha value is -0.400. The van der Waals surface area contributed by atoms with Crippen molar-refractivity contribution in [1.82, 2.24) is 9.79 Å². The van der Waals surface area contributed by atoms with Crippen molar-refractivity contribution in [2.75, 3.05) is 7.05 Å². The third-order valence-electron chi connectivity index (χ3n) is 0.754. The Balaban J connectivity index is 3.88. The summed E-state index contributed by atoms with van der Waals surface area (Å²) in [5.74, 6) is 0. The van der Waals surface area contributed by atoms with E-state index in [1.54, 1.807) is 0 Å². The van der Waals surface area contributed by atoms with Gasteiger partial charge in [-0.15, -0.1) is 0 Å². The molecule has 0 rings (SSSR count). The quantitative estimate of drug-likeness (QED) is 0.409. The molecule has 0 heterocycles. The molecule has 0 aliphatic rings. The highest BCUT2D eigenvalue weighted by molar-refractivity contribution is 8.06. The number of carbonyl (C=O) groups is 1. The molecule has 0 saturated heterocycles. The molecule has 12 heavy (non-hydrogen) atoms. The summed E-state index contributed by atoms with van der Waals surface area (Å²) < 4.78 is 11.2. The van der Waals surface area contributed by atoms with E-state index in [-0.39, 0.29) is 4.99 Å². The van der Waals surface area contributed by atoms with E-state index < -0.39 is 16.3 Å². The molecule has 0 aliphatic heterocycles. The molecule has 0 saturated carbocycles. The Morgan fingerprint density at radius 2 is 2.25 bits per heavy atom. The van der Waals surface area contributed by atoms with Crippen molar-refractivity contribution in [2.24, 2.45) is 0 Å². The monoisotopic (exact) mass is 230 g/mol. The average Bonchev–Trinajstić information content (AvgIpc) is 1.98. The van der Waals surface area contributed by atoms with Crippen LogP contribution in [-0.2, 0) is 15.0 Å². The SMILES string of the molecule is CC(=S)NOC(=O)N(C)S(=O)Cl. The Labute approximate surface area is 82.0 Å². The summed E-state index contributed by atoms with van der Waals surface area (Å²) in [5.41, 5.74) is 2.13. The molecule has 1 atom stereocenters. The van der Waals surface area contributed by atoms with Gasteiger partial charge in [-0.1, -0.05) is 12.2 Å². The first-order valence-electron chi connectivity index (χ1n) is 2.74. The largest absolute Gasteiger partial charge is 0.446 e. The minimum atomic E-state index is -1.91. The number of hydrogen-bond acceptors (Lipinski definition) is 4. The molecular weight excluding hydrogens is 224 g/mol. The molecule has 1 unspecified atom stereocenters. The zero-order valence-electron chi connectivity index (χ0n) is 6.37. The summed E-state index contributed by atoms with van der Waals surface area (Å²) in [4.78, 5) is 15.4. The minimum absolute atomic E-state index is 0.289. The average molecular weight is 231 g/mol. The van der Waals surface area contributed by atoms with Crippen LogP contribution in [0.3, 0.4) is 0 Å². The zero-order valence-corrected chi connectivity index (χ0v) is 8.76. The lowest BCUT2D eigenvalue weighted by Gasteiger charge is -2.11. The second kappa shape index (κ2) is 5.28. The second-order valence-corrected chi connectivity index (χ2v) is 4.10. The van der Waals surface area contributed by atoms with Crippen LogP contribution in [0.2, 0.25) is 0 Å². The molecule has 70 valence electrons. The van der Waals surface area contributed by atoms with Crippen LogP contribution in [0.5, 0.6) is 0 Å². The molecule has 5 nitrogen and oxygen atoms in total. The van der Waals surface area contributed by atoms with Crippen LogP contribution in [-0.4, -0.2) is 26.6 Å². The van der Waals surface area contributed by atoms with E-state index in [0.29, 0.717) is 4.31 Å². The number of hydrogen-bond donors (Lipinski definition) is 1. The maximum Gasteiger partial charge on any atom is 0.446 e. The van der Waals surface area contributed by atoms with Crippen molar-refractivity contribution in [3.63, 3.8) is 0 Å². The molecule has 8 heteroatoms. The van der Waals surface area contributed by atoms with Crippen molar-refractivity contribution in [1.29, 1.82) is 0 Å². The van der Waals surface area contributed by atoms with Gasteiger partial charge < -0.3 is 4.84 Å². The Morgan fingerprint density at radius 3 is 2.58 bits per heavy atom. The Morgan fingerprint density at radius 1 is 1.75 bits per heavy atom. The molecule has 0 radical (unpaired) electrons. The third-order valence-corrected chi connectivity index (χ3v) is 2.04. The van der Waals surface area contributed by atoms with Crippen molar-refractivity contribution < 1.29 is 13.8 Å². The van der Waals surface area contributed by atoms with Crippen LogP contribution in [0.25, 0.3) is 0 Å². The number of halogens is 1. The van der Waals surface area contributed by atoms with E-state index in [0.717, 1.165) is 0 Å². The van der Waals surface area contributed by atoms with Gasteiger partial charge in [0, 0.05) is 17.7 Å². The Bertz CT molecular complexity index is 222. The maximum absolute atomic E-state index is 10.8. The highest BCUT2D eigenvalue weighted by Gasteiger charge is 2.14. The molecule has 1 amide bonds. The number of rotatable bonds is 1. The van der Waals surface area contributed by atoms with E-state index >= 15 is 0 Å². The molecule has 0 aromatic heterocycles. The van der Waals surface area contributed by atoms with Gasteiger partial charge in [0.1, 0.15) is 4.99 Å². The lowest BCUT2D eigenvalue weighted by Crippen LogP contribution is -2.33. The fourth-order valence-electron chi connectivity index (χ4n) is 0.238. The van der Waals surface area contributed by atoms with E-state index in [2.05, 4.69) is 22.5 Å². The lowest BCUT2D eigenvalue weighted by molar-refractivity contribution is 0.107. The van der Waals surface area contributed by atoms with Gasteiger partial charge in [-0.25, -0.2) is 18.8 Å². The number of thiocarbonyl (C=S) groups is 1. The maximum atomic E-state index is 10.8. The highest BCUT2D eigenvalue weighted by atomic mass is 35.7. The van der Waals surface area contributed by atoms with Gasteiger partial charge in [-0.2, -0.15) is 0 Å². The third kappa shape index (κ3) is 4.47. The first kappa shape index (κ1) is 11.6. The summed E-state index contributed by atoms with van der Waals surface area (Å²) in [6.07, 6.45) is -0.868. The van der Waals surface area contributed by atoms with Crippen LogP contribution in [0.1, 0.15) is 6.92 Å². The predicted molar refractivity (Wildman–Crippen MR) is 49.6 cm³/mol. The number of carbonyl (C=O) groups excluding carboxylic acids is 1. The van der Waals surface area contributed by atoms with E-state index in [9.17, 15) is 9.00 Å². The molecule has 1 N–H and O–H groups in total. The van der Waals surface area contributed by atoms with Gasteiger partial charge in [0.05, 0.1) is 0 Å². The standard InChI is InChI=1S/C4H7ClN2O3S2/c1-3(11)6-10-4(8)7(2)12(5)9/h1-2H3,(H,6,11). The van der Waals surface area contributed by atoms with E-state index in [4.69, 9.17) is 10.7 Å². The smallest absolute Gasteiger partial charge is 0.323 e. The summed E-state index contributed by atoms with van der Waals surface area (Å²) >= 11 is 4.55. The molecule has 0 aromatic carbocycles. The van der Waals surface area contributed by atoms with Gasteiger partial charge in [0.25, 0.3) is 0 Å². The predicted octanol–water partition coefficient (Wildman–Crippen LogP) is 0.724. The first-order valence-corrected chi connectivity index (χ1v) is 5.08. The van der Waals surface area contributed by atoms with Gasteiger partial charge in [0.2, 0.25) is 10.2 Å². The summed E-state index contributed by atoms with van der Waals surface area (Å²) in [7, 11) is 4.40. The van der Waals surface area contributed by atoms with Gasteiger partial charge in [-0.3, -0.25) is 0 Å². The number of nitrogens with one attached hydrogen (secondary N) is 1. The van der Waals surface area contributed by atoms with Gasteiger partial charge in [0.15, 0.2) is 0 Å². The topological polar surface area (TPSA) is 58.6 Å². The van der Waals surface area contributed by atoms with Crippen molar-refractivity contribution in [3.05, 3.63) is 0 Å². The van der Waals surface area contributed by atoms with E-state index in [1.165, 1.54) is 14.0 Å². The molecular formula is C4H7ClN2O3S2. The minimum Gasteiger partial charge on any atom is -0.323 e. The highest BCUT2D eigenvalue weighted by Crippen LogP contribution is 1.97. The van der Waals surface area contributed by atoms with Gasteiger partial charge >= 0.3 is 6.09 Å². The molecule has 0 fully saturated rings. The van der Waals surface area contributed by atoms with Crippen LogP contribution in [0.4, 0.5) is 4.79 Å². The molecule has 0 aromatic rings. The van der Waals surface area contributed by atoms with Crippen molar-refractivity contribution in [2.45, 2.75) is 6.92 Å². The normalized spacial score (nSPS) is 11.6. The number of hydroxylamine groups is 1. The molecule has 0 aliphatic carbocycles. The number of amides is 1. The second-order valence-electron chi connectivity index (χ2n) is 1.73. The van der Waals surface area contributed by atoms with E-state index in [1.807, 2.05) is 0 Å². The van der Waals surface area contributed by atoms with Crippen LogP contribution in [0, 0.1) is 0 Å². The Kier molecular flexibility index (Phi) is 5.11. The molecule has 0 spiro atoms.